The van der Waals surface area contributed by atoms with Crippen molar-refractivity contribution in [3.8, 4) is 22.8 Å². The molecule has 8 heteroatoms. The summed E-state index contributed by atoms with van der Waals surface area (Å²) in [5, 5.41) is 4.13. The molecule has 1 amide bonds. The number of fused-ring (bicyclic) bond motifs is 1. The summed E-state index contributed by atoms with van der Waals surface area (Å²) in [7, 11) is 4.50. The molecule has 0 aliphatic heterocycles. The van der Waals surface area contributed by atoms with Gasteiger partial charge < -0.3 is 19.5 Å². The second-order valence-corrected chi connectivity index (χ2v) is 9.00. The first-order chi connectivity index (χ1) is 16.9. The first-order valence-electron chi connectivity index (χ1n) is 11.1. The number of hydrogen-bond donors (Lipinski definition) is 1. The molecular formula is C27H26N2O5S. The maximum atomic E-state index is 13.6. The molecule has 1 N–H and O–H groups in total. The van der Waals surface area contributed by atoms with Gasteiger partial charge in [-0.25, -0.2) is 9.78 Å². The summed E-state index contributed by atoms with van der Waals surface area (Å²) in [4.78, 5) is 31.9. The highest BCUT2D eigenvalue weighted by atomic mass is 32.1. The number of carbonyl (C=O) groups excluding carboxylic acids is 2. The molecule has 0 unspecified atom stereocenters. The molecule has 2 aromatic heterocycles. The Hall–Kier alpha value is -3.91. The zero-order chi connectivity index (χ0) is 25.1. The van der Waals surface area contributed by atoms with Gasteiger partial charge in [0.15, 0.2) is 0 Å². The fourth-order valence-corrected chi connectivity index (χ4v) is 5.22. The lowest BCUT2D eigenvalue weighted by molar-refractivity contribution is 0.0601. The lowest BCUT2D eigenvalue weighted by atomic mass is 10.0. The fourth-order valence-electron chi connectivity index (χ4n) is 4.09. The lowest BCUT2D eigenvalue weighted by Gasteiger charge is -2.13. The van der Waals surface area contributed by atoms with Gasteiger partial charge in [-0.15, -0.1) is 11.3 Å². The van der Waals surface area contributed by atoms with Gasteiger partial charge in [-0.2, -0.15) is 0 Å². The van der Waals surface area contributed by atoms with Crippen molar-refractivity contribution >= 4 is 39.1 Å². The van der Waals surface area contributed by atoms with Crippen molar-refractivity contribution in [2.75, 3.05) is 26.6 Å². The van der Waals surface area contributed by atoms with E-state index in [1.807, 2.05) is 50.2 Å². The van der Waals surface area contributed by atoms with Gasteiger partial charge in [0, 0.05) is 21.9 Å². The van der Waals surface area contributed by atoms with Crippen LogP contribution in [0.15, 0.2) is 48.5 Å². The predicted molar refractivity (Wildman–Crippen MR) is 138 cm³/mol. The van der Waals surface area contributed by atoms with Crippen LogP contribution in [0.2, 0.25) is 0 Å². The van der Waals surface area contributed by atoms with Crippen LogP contribution in [-0.2, 0) is 11.2 Å². The minimum absolute atomic E-state index is 0.341. The van der Waals surface area contributed by atoms with Crippen molar-refractivity contribution in [2.24, 2.45) is 0 Å². The normalized spacial score (nSPS) is 10.8. The number of ether oxygens (including phenoxy) is 3. The lowest BCUT2D eigenvalue weighted by Crippen LogP contribution is -2.15. The maximum absolute atomic E-state index is 13.6. The van der Waals surface area contributed by atoms with Gasteiger partial charge in [-0.1, -0.05) is 25.1 Å². The molecular weight excluding hydrogens is 464 g/mol. The van der Waals surface area contributed by atoms with Crippen molar-refractivity contribution < 1.29 is 23.8 Å². The van der Waals surface area contributed by atoms with E-state index in [1.54, 1.807) is 26.4 Å². The van der Waals surface area contributed by atoms with Crippen LogP contribution in [0.5, 0.6) is 11.5 Å². The maximum Gasteiger partial charge on any atom is 0.341 e. The van der Waals surface area contributed by atoms with Gasteiger partial charge in [-0.3, -0.25) is 4.79 Å². The van der Waals surface area contributed by atoms with E-state index in [0.29, 0.717) is 50.6 Å². The number of para-hydroxylation sites is 1. The number of thiophene rings is 1. The number of esters is 1. The van der Waals surface area contributed by atoms with Gasteiger partial charge in [-0.05, 0) is 43.2 Å². The summed E-state index contributed by atoms with van der Waals surface area (Å²) in [5.74, 6) is 0.420. The average Bonchev–Trinajstić information content (AvgIpc) is 3.21. The Kier molecular flexibility index (Phi) is 7.02. The molecule has 7 nitrogen and oxygen atoms in total. The second-order valence-electron chi connectivity index (χ2n) is 7.78. The Morgan fingerprint density at radius 2 is 1.80 bits per heavy atom. The largest absolute Gasteiger partial charge is 0.497 e. The van der Waals surface area contributed by atoms with Crippen LogP contribution < -0.4 is 14.8 Å². The van der Waals surface area contributed by atoms with Crippen molar-refractivity contribution in [1.82, 2.24) is 4.98 Å². The number of rotatable bonds is 7. The van der Waals surface area contributed by atoms with Gasteiger partial charge in [0.2, 0.25) is 0 Å². The van der Waals surface area contributed by atoms with Crippen molar-refractivity contribution in [3.05, 3.63) is 70.1 Å². The molecule has 4 aromatic rings. The SMILES string of the molecule is CCc1c(C)sc(NC(=O)c2cc(-c3ccc(OC)cc3OC)nc3ccccc23)c1C(=O)OC. The number of methoxy groups -OCH3 is 3. The number of aromatic nitrogens is 1. The first kappa shape index (κ1) is 24.2. The van der Waals surface area contributed by atoms with Gasteiger partial charge in [0.1, 0.15) is 16.5 Å². The highest BCUT2D eigenvalue weighted by molar-refractivity contribution is 7.16. The van der Waals surface area contributed by atoms with Crippen molar-refractivity contribution in [3.63, 3.8) is 0 Å². The number of aryl methyl sites for hydroxylation is 1. The van der Waals surface area contributed by atoms with E-state index in [-0.39, 0.29) is 5.91 Å². The standard InChI is InChI=1S/C27H26N2O5S/c1-6-17-15(2)35-26(24(17)27(31)34-5)29-25(30)20-14-22(28-21-10-8-7-9-18(20)21)19-12-11-16(32-3)13-23(19)33-4/h7-14H,6H2,1-5H3,(H,29,30). The van der Waals surface area contributed by atoms with Crippen LogP contribution in [0.25, 0.3) is 22.2 Å². The predicted octanol–water partition coefficient (Wildman–Crippen LogP) is 5.89. The van der Waals surface area contributed by atoms with Crippen LogP contribution in [0, 0.1) is 6.92 Å². The third-order valence-electron chi connectivity index (χ3n) is 5.82. The van der Waals surface area contributed by atoms with Gasteiger partial charge in [0.05, 0.1) is 43.7 Å². The van der Waals surface area contributed by atoms with Crippen LogP contribution in [-0.4, -0.2) is 38.2 Å². The van der Waals surface area contributed by atoms with Crippen molar-refractivity contribution in [2.45, 2.75) is 20.3 Å². The van der Waals surface area contributed by atoms with Crippen LogP contribution in [0.1, 0.15) is 38.1 Å². The monoisotopic (exact) mass is 490 g/mol. The number of nitrogens with zero attached hydrogens (tertiary/aromatic N) is 1. The number of amides is 1. The van der Waals surface area contributed by atoms with E-state index in [4.69, 9.17) is 19.2 Å². The molecule has 0 saturated carbocycles. The topological polar surface area (TPSA) is 86.8 Å². The van der Waals surface area contributed by atoms with Crippen LogP contribution in [0.4, 0.5) is 5.00 Å². The van der Waals surface area contributed by atoms with E-state index in [9.17, 15) is 9.59 Å². The zero-order valence-electron chi connectivity index (χ0n) is 20.2. The van der Waals surface area contributed by atoms with Crippen LogP contribution >= 0.6 is 11.3 Å². The molecule has 0 fully saturated rings. The Morgan fingerprint density at radius 1 is 1.03 bits per heavy atom. The molecule has 35 heavy (non-hydrogen) atoms. The number of benzene rings is 2. The molecule has 0 spiro atoms. The molecule has 0 bridgehead atoms. The molecule has 0 aliphatic rings. The summed E-state index contributed by atoms with van der Waals surface area (Å²) in [6, 6.07) is 14.6. The van der Waals surface area contributed by atoms with Gasteiger partial charge >= 0.3 is 5.97 Å². The summed E-state index contributed by atoms with van der Waals surface area (Å²) < 4.78 is 15.9. The number of pyridine rings is 1. The zero-order valence-corrected chi connectivity index (χ0v) is 21.0. The number of nitrogens with one attached hydrogen (secondary N) is 1. The molecule has 0 aliphatic carbocycles. The third kappa shape index (κ3) is 4.57. The molecule has 2 aromatic carbocycles. The van der Waals surface area contributed by atoms with Crippen molar-refractivity contribution in [1.29, 1.82) is 0 Å². The molecule has 0 atom stereocenters. The minimum Gasteiger partial charge on any atom is -0.497 e. The third-order valence-corrected chi connectivity index (χ3v) is 6.89. The van der Waals surface area contributed by atoms with E-state index >= 15 is 0 Å². The highest BCUT2D eigenvalue weighted by Gasteiger charge is 2.24. The molecule has 2 heterocycles. The molecule has 180 valence electrons. The molecule has 0 saturated heterocycles. The first-order valence-corrected chi connectivity index (χ1v) is 11.9. The number of carbonyl (C=O) groups is 2. The highest BCUT2D eigenvalue weighted by Crippen LogP contribution is 2.36. The van der Waals surface area contributed by atoms with E-state index in [0.717, 1.165) is 16.0 Å². The second kappa shape index (κ2) is 10.1. The quantitative estimate of drug-likeness (QED) is 0.325. The molecule has 0 radical (unpaired) electrons. The van der Waals surface area contributed by atoms with Gasteiger partial charge in [0.25, 0.3) is 5.91 Å². The average molecular weight is 491 g/mol. The van der Waals surface area contributed by atoms with E-state index < -0.39 is 5.97 Å². The number of anilines is 1. The van der Waals surface area contributed by atoms with E-state index in [1.165, 1.54) is 18.4 Å². The number of hydrogen-bond acceptors (Lipinski definition) is 7. The summed E-state index contributed by atoms with van der Waals surface area (Å²) >= 11 is 1.37. The summed E-state index contributed by atoms with van der Waals surface area (Å²) in [5.41, 5.74) is 3.68. The summed E-state index contributed by atoms with van der Waals surface area (Å²) in [6.45, 7) is 3.90. The Morgan fingerprint density at radius 3 is 2.49 bits per heavy atom. The minimum atomic E-state index is -0.468. The Balaban J connectivity index is 1.84. The van der Waals surface area contributed by atoms with E-state index in [2.05, 4.69) is 5.32 Å². The Labute approximate surface area is 207 Å². The fraction of sp³-hybridized carbons (Fsp3) is 0.222. The Bertz CT molecular complexity index is 1430. The summed E-state index contributed by atoms with van der Waals surface area (Å²) in [6.07, 6.45) is 0.655. The molecule has 4 rings (SSSR count). The smallest absolute Gasteiger partial charge is 0.341 e. The van der Waals surface area contributed by atoms with Crippen LogP contribution in [0.3, 0.4) is 0 Å².